The van der Waals surface area contributed by atoms with Crippen LogP contribution in [0.2, 0.25) is 0 Å². The molecule has 0 aliphatic carbocycles. The number of aliphatic hydroxyl groups excluding tert-OH is 3. The van der Waals surface area contributed by atoms with Gasteiger partial charge in [-0.2, -0.15) is 0 Å². The summed E-state index contributed by atoms with van der Waals surface area (Å²) in [5, 5.41) is 25.9. The van der Waals surface area contributed by atoms with Gasteiger partial charge in [-0.25, -0.2) is 0 Å². The van der Waals surface area contributed by atoms with E-state index in [9.17, 15) is 0 Å². The lowest BCUT2D eigenvalue weighted by Crippen LogP contribution is -2.50. The van der Waals surface area contributed by atoms with Crippen LogP contribution in [0.1, 0.15) is 6.92 Å². The van der Waals surface area contributed by atoms with Gasteiger partial charge in [0.2, 0.25) is 0 Å². The monoisotopic (exact) mass is 321 g/mol. The molecule has 0 aromatic rings. The topological polar surface area (TPSA) is 172 Å². The highest BCUT2D eigenvalue weighted by Crippen LogP contribution is 2.10. The van der Waals surface area contributed by atoms with E-state index in [1.807, 2.05) is 0 Å². The van der Waals surface area contributed by atoms with Gasteiger partial charge >= 0.3 is 9.05 Å². The van der Waals surface area contributed by atoms with Crippen molar-refractivity contribution in [2.75, 3.05) is 46.2 Å². The van der Waals surface area contributed by atoms with Crippen molar-refractivity contribution in [3.8, 4) is 0 Å². The van der Waals surface area contributed by atoms with E-state index in [4.69, 9.17) is 49.0 Å². The van der Waals surface area contributed by atoms with Gasteiger partial charge in [-0.05, 0) is 6.92 Å². The third kappa shape index (κ3) is 15.8. The molecule has 6 N–H and O–H groups in total. The SMILES string of the molecule is CC[N+](OCCO)(OCCO)OCCO.[O-][Si](O)(O)O. The van der Waals surface area contributed by atoms with E-state index < -0.39 is 14.0 Å². The Morgan fingerprint density at radius 3 is 1.25 bits per heavy atom. The van der Waals surface area contributed by atoms with Crippen LogP contribution < -0.4 is 4.80 Å². The molecule has 0 spiro atoms. The third-order valence-electron chi connectivity index (χ3n) is 1.53. The van der Waals surface area contributed by atoms with Crippen molar-refractivity contribution in [1.82, 2.24) is 0 Å². The molecule has 0 rings (SSSR count). The first kappa shape index (κ1) is 22.1. The summed E-state index contributed by atoms with van der Waals surface area (Å²) in [5.74, 6) is 0. The Kier molecular flexibility index (Phi) is 13.8. The largest absolute Gasteiger partial charge is 0.794 e. The zero-order chi connectivity index (χ0) is 16.1. The first-order valence-electron chi connectivity index (χ1n) is 5.76. The zero-order valence-corrected chi connectivity index (χ0v) is 12.2. The number of aliphatic hydroxyl groups is 3. The minimum atomic E-state index is -4.86. The van der Waals surface area contributed by atoms with E-state index >= 15 is 0 Å². The van der Waals surface area contributed by atoms with Crippen LogP contribution in [0.4, 0.5) is 0 Å². The molecule has 0 aliphatic heterocycles. The highest BCUT2D eigenvalue weighted by molar-refractivity contribution is 6.44. The Hall–Kier alpha value is -0.223. The van der Waals surface area contributed by atoms with Crippen molar-refractivity contribution in [2.45, 2.75) is 6.92 Å². The lowest BCUT2D eigenvalue weighted by molar-refractivity contribution is -1.37. The number of quaternary nitrogens is 1. The molecule has 0 fully saturated rings. The smallest absolute Gasteiger partial charge is 0.404 e. The number of hydrogen-bond donors (Lipinski definition) is 6. The highest BCUT2D eigenvalue weighted by atomic mass is 28.4. The molecule has 11 nitrogen and oxygen atoms in total. The zero-order valence-electron chi connectivity index (χ0n) is 11.2. The van der Waals surface area contributed by atoms with Crippen molar-refractivity contribution in [3.05, 3.63) is 0 Å². The molecule has 0 atom stereocenters. The maximum Gasteiger partial charge on any atom is 0.404 e. The molecule has 12 heteroatoms. The fraction of sp³-hybridized carbons (Fsp3) is 1.00. The minimum absolute atomic E-state index is 0.0463. The van der Waals surface area contributed by atoms with Crippen LogP contribution in [0, 0.1) is 0 Å². The second-order valence-electron chi connectivity index (χ2n) is 3.17. The van der Waals surface area contributed by atoms with Crippen LogP contribution in [0.3, 0.4) is 0 Å². The average Bonchev–Trinajstić information content (AvgIpc) is 2.37. The highest BCUT2D eigenvalue weighted by Gasteiger charge is 2.32. The van der Waals surface area contributed by atoms with E-state index in [0.29, 0.717) is 6.54 Å². The maximum atomic E-state index is 8.91. The fourth-order valence-corrected chi connectivity index (χ4v) is 0.925. The van der Waals surface area contributed by atoms with Crippen LogP contribution in [-0.4, -0.2) is 89.9 Å². The predicted octanol–water partition coefficient (Wildman–Crippen LogP) is -4.65. The van der Waals surface area contributed by atoms with E-state index in [1.54, 1.807) is 6.92 Å². The van der Waals surface area contributed by atoms with Crippen molar-refractivity contribution in [3.63, 3.8) is 0 Å². The van der Waals surface area contributed by atoms with Gasteiger partial charge in [0.15, 0.2) is 6.54 Å². The quantitative estimate of drug-likeness (QED) is 0.130. The van der Waals surface area contributed by atoms with Gasteiger partial charge in [-0.3, -0.25) is 0 Å². The number of hydrogen-bond acceptors (Lipinski definition) is 10. The summed E-state index contributed by atoms with van der Waals surface area (Å²) < 4.78 is 0. The minimum Gasteiger partial charge on any atom is -0.794 e. The molecule has 124 valence electrons. The van der Waals surface area contributed by atoms with Gasteiger partial charge < -0.3 is 34.5 Å². The lowest BCUT2D eigenvalue weighted by atomic mass is 10.7. The number of rotatable bonds is 10. The Balaban J connectivity index is 0. The van der Waals surface area contributed by atoms with E-state index in [2.05, 4.69) is 0 Å². The maximum absolute atomic E-state index is 8.91. The van der Waals surface area contributed by atoms with Crippen molar-refractivity contribution >= 4 is 9.05 Å². The Labute approximate surface area is 117 Å². The second-order valence-corrected chi connectivity index (χ2v) is 4.32. The van der Waals surface area contributed by atoms with Gasteiger partial charge in [0, 0.05) is 0 Å². The first-order chi connectivity index (χ1) is 9.24. The van der Waals surface area contributed by atoms with Crippen LogP contribution in [-0.2, 0) is 14.5 Å². The Bertz CT molecular complexity index is 186. The summed E-state index contributed by atoms with van der Waals surface area (Å²) in [4.78, 5) is 45.4. The molecular formula is C8H23NO10Si. The standard InChI is InChI=1S/C8H20NO6.H3O4Si/c1-2-9(13-6-3-10,14-7-4-11)15-8-5-12;1-5(2,3)4/h10-12H,2-8H2,1H3;1-3H/q+1;-1. The fourth-order valence-electron chi connectivity index (χ4n) is 0.925. The van der Waals surface area contributed by atoms with Crippen molar-refractivity contribution < 1.29 is 54.0 Å². The van der Waals surface area contributed by atoms with Crippen molar-refractivity contribution in [2.24, 2.45) is 0 Å². The van der Waals surface area contributed by atoms with Gasteiger partial charge in [0.1, 0.15) is 19.8 Å². The molecular weight excluding hydrogens is 298 g/mol. The van der Waals surface area contributed by atoms with Gasteiger partial charge in [0.25, 0.3) is 0 Å². The van der Waals surface area contributed by atoms with Crippen LogP contribution in [0.5, 0.6) is 0 Å². The predicted molar refractivity (Wildman–Crippen MR) is 62.3 cm³/mol. The molecule has 0 aromatic heterocycles. The molecule has 0 aliphatic rings. The summed E-state index contributed by atoms with van der Waals surface area (Å²) in [7, 11) is -4.86. The van der Waals surface area contributed by atoms with Crippen LogP contribution >= 0.6 is 0 Å². The Morgan fingerprint density at radius 1 is 0.850 bits per heavy atom. The summed E-state index contributed by atoms with van der Waals surface area (Å²) in [6.45, 7) is 1.74. The van der Waals surface area contributed by atoms with Crippen molar-refractivity contribution in [1.29, 1.82) is 0 Å². The van der Waals surface area contributed by atoms with Crippen LogP contribution in [0.15, 0.2) is 0 Å². The van der Waals surface area contributed by atoms with Gasteiger partial charge in [-0.1, -0.05) is 0 Å². The molecule has 20 heavy (non-hydrogen) atoms. The summed E-state index contributed by atoms with van der Waals surface area (Å²) in [5.41, 5.74) is 0. The second kappa shape index (κ2) is 12.5. The molecule has 0 aromatic carbocycles. The van der Waals surface area contributed by atoms with Gasteiger partial charge in [-0.15, -0.1) is 14.5 Å². The molecule has 0 amide bonds. The van der Waals surface area contributed by atoms with Crippen LogP contribution in [0.25, 0.3) is 0 Å². The lowest BCUT2D eigenvalue weighted by Gasteiger charge is -2.27. The van der Waals surface area contributed by atoms with E-state index in [1.165, 1.54) is 0 Å². The number of hydroxylamine groups is 3. The normalized spacial score (nSPS) is 12.0. The summed E-state index contributed by atoms with van der Waals surface area (Å²) >= 11 is 0. The third-order valence-corrected chi connectivity index (χ3v) is 1.53. The molecule has 0 bridgehead atoms. The van der Waals surface area contributed by atoms with E-state index in [-0.39, 0.29) is 39.6 Å². The summed E-state index contributed by atoms with van der Waals surface area (Å²) in [6.07, 6.45) is 0. The Morgan fingerprint density at radius 2 is 1.10 bits per heavy atom. The molecule has 0 heterocycles. The summed E-state index contributed by atoms with van der Waals surface area (Å²) in [6, 6.07) is 0. The molecule has 0 radical (unpaired) electrons. The first-order valence-corrected chi connectivity index (χ1v) is 7.51. The molecule has 0 saturated carbocycles. The van der Waals surface area contributed by atoms with E-state index in [0.717, 1.165) is 0 Å². The number of nitrogens with zero attached hydrogens (tertiary/aromatic N) is 1. The molecule has 0 unspecified atom stereocenters. The average molecular weight is 321 g/mol. The molecule has 0 saturated heterocycles. The van der Waals surface area contributed by atoms with Gasteiger partial charge in [0.05, 0.1) is 24.8 Å².